The Morgan fingerprint density at radius 2 is 0.645 bits per heavy atom. The standard InChI is InChI=1S/C54H40N4O4/c1-27-21-31(5-17-43(27)55)25-33-7-19-45(29(3)23-33)57-51(59)39-13-9-35-37-11-15-41-50-42(16-12-38(48(37)50)36-10-14-40(52(57)60)49(39)47(35)36)54(62)58(53(41)61)46-20-8-34(24-30(46)4)26-32-6-18-44(56)28(2)22-32/h5-24H,25-26,55-56H2,1-4H3. The smallest absolute Gasteiger partial charge is 0.265 e. The monoisotopic (exact) mass is 808 g/mol. The van der Waals surface area contributed by atoms with Crippen molar-refractivity contribution in [3.63, 3.8) is 0 Å². The van der Waals surface area contributed by atoms with Gasteiger partial charge in [-0.15, -0.1) is 0 Å². The van der Waals surface area contributed by atoms with Crippen LogP contribution in [0.15, 0.2) is 121 Å². The minimum Gasteiger partial charge on any atom is -0.399 e. The van der Waals surface area contributed by atoms with Gasteiger partial charge in [-0.3, -0.25) is 19.2 Å². The Morgan fingerprint density at radius 3 is 0.935 bits per heavy atom. The molecule has 0 spiro atoms. The Morgan fingerprint density at radius 1 is 0.355 bits per heavy atom. The Balaban J connectivity index is 0.972. The summed E-state index contributed by atoms with van der Waals surface area (Å²) in [5.74, 6) is -1.53. The molecular formula is C54H40N4O4. The molecule has 300 valence electrons. The van der Waals surface area contributed by atoms with Gasteiger partial charge >= 0.3 is 0 Å². The quantitative estimate of drug-likeness (QED) is 0.0745. The average molecular weight is 809 g/mol. The van der Waals surface area contributed by atoms with Crippen LogP contribution < -0.4 is 21.3 Å². The normalized spacial score (nSPS) is 13.8. The molecule has 0 radical (unpaired) electrons. The molecule has 8 heteroatoms. The molecule has 2 aliphatic rings. The molecule has 11 rings (SSSR count). The summed E-state index contributed by atoms with van der Waals surface area (Å²) in [6, 6.07) is 38.7. The van der Waals surface area contributed by atoms with Crippen molar-refractivity contribution in [1.82, 2.24) is 0 Å². The highest BCUT2D eigenvalue weighted by Crippen LogP contribution is 2.47. The maximum atomic E-state index is 14.5. The van der Waals surface area contributed by atoms with Gasteiger partial charge in [0.1, 0.15) is 0 Å². The minimum absolute atomic E-state index is 0.382. The lowest BCUT2D eigenvalue weighted by Gasteiger charge is -2.31. The molecule has 0 saturated carbocycles. The fourth-order valence-electron chi connectivity index (χ4n) is 10.0. The van der Waals surface area contributed by atoms with Gasteiger partial charge in [0.15, 0.2) is 0 Å². The van der Waals surface area contributed by atoms with Crippen LogP contribution in [0.5, 0.6) is 0 Å². The first-order valence-electron chi connectivity index (χ1n) is 20.7. The molecule has 9 aromatic carbocycles. The summed E-state index contributed by atoms with van der Waals surface area (Å²) in [6.07, 6.45) is 1.38. The zero-order valence-electron chi connectivity index (χ0n) is 34.6. The van der Waals surface area contributed by atoms with E-state index in [9.17, 15) is 19.2 Å². The van der Waals surface area contributed by atoms with Crippen molar-refractivity contribution in [2.24, 2.45) is 0 Å². The van der Waals surface area contributed by atoms with Crippen molar-refractivity contribution in [1.29, 1.82) is 0 Å². The van der Waals surface area contributed by atoms with Gasteiger partial charge in [-0.25, -0.2) is 9.80 Å². The van der Waals surface area contributed by atoms with Gasteiger partial charge in [0.25, 0.3) is 23.6 Å². The molecule has 62 heavy (non-hydrogen) atoms. The fraction of sp³-hybridized carbons (Fsp3) is 0.111. The van der Waals surface area contributed by atoms with E-state index in [1.165, 1.54) is 9.80 Å². The third-order valence-electron chi connectivity index (χ3n) is 13.1. The SMILES string of the molecule is Cc1cc(Cc2ccc(N3C(=O)c4ccc5c6ccc7c8c(ccc(c9ccc(c4c59)C3=O)c86)C(=O)N(c3ccc(Cc4ccc(N)c(C)c4)cc3C)C7=O)c(C)c2)ccc1N. The van der Waals surface area contributed by atoms with Gasteiger partial charge in [0.2, 0.25) is 0 Å². The average Bonchev–Trinajstić information content (AvgIpc) is 3.25. The summed E-state index contributed by atoms with van der Waals surface area (Å²) < 4.78 is 0. The molecule has 0 bridgehead atoms. The largest absolute Gasteiger partial charge is 0.399 e. The van der Waals surface area contributed by atoms with E-state index < -0.39 is 0 Å². The molecular weight excluding hydrogens is 769 g/mol. The number of fused-ring (bicyclic) bond motifs is 2. The summed E-state index contributed by atoms with van der Waals surface area (Å²) >= 11 is 0. The predicted octanol–water partition coefficient (Wildman–Crippen LogP) is 10.9. The Labute approximate surface area is 357 Å². The second kappa shape index (κ2) is 13.3. The Bertz CT molecular complexity index is 3180. The highest BCUT2D eigenvalue weighted by Gasteiger charge is 2.38. The van der Waals surface area contributed by atoms with E-state index in [2.05, 4.69) is 12.1 Å². The van der Waals surface area contributed by atoms with Crippen molar-refractivity contribution in [2.45, 2.75) is 40.5 Å². The molecule has 4 N–H and O–H groups in total. The third-order valence-corrected chi connectivity index (χ3v) is 13.1. The molecule has 0 atom stereocenters. The first-order chi connectivity index (χ1) is 29.9. The number of benzene rings is 9. The summed E-state index contributed by atoms with van der Waals surface area (Å²) in [5.41, 5.74) is 24.5. The van der Waals surface area contributed by atoms with Gasteiger partial charge in [0, 0.05) is 44.4 Å². The van der Waals surface area contributed by atoms with Crippen molar-refractivity contribution in [2.75, 3.05) is 21.3 Å². The van der Waals surface area contributed by atoms with Crippen LogP contribution >= 0.6 is 0 Å². The van der Waals surface area contributed by atoms with Crippen LogP contribution in [0.3, 0.4) is 0 Å². The van der Waals surface area contributed by atoms with E-state index in [1.807, 2.05) is 113 Å². The van der Waals surface area contributed by atoms with Crippen molar-refractivity contribution < 1.29 is 19.2 Å². The van der Waals surface area contributed by atoms with Gasteiger partial charge < -0.3 is 11.5 Å². The van der Waals surface area contributed by atoms with Crippen LogP contribution in [0.4, 0.5) is 22.7 Å². The number of amides is 4. The number of carbonyl (C=O) groups is 4. The summed E-state index contributed by atoms with van der Waals surface area (Å²) in [7, 11) is 0. The predicted molar refractivity (Wildman–Crippen MR) is 249 cm³/mol. The van der Waals surface area contributed by atoms with Gasteiger partial charge in [0.05, 0.1) is 11.4 Å². The number of anilines is 4. The Hall–Kier alpha value is -7.84. The van der Waals surface area contributed by atoms with Crippen molar-refractivity contribution in [3.8, 4) is 0 Å². The number of aryl methyl sites for hydroxylation is 4. The molecule has 0 saturated heterocycles. The zero-order valence-corrected chi connectivity index (χ0v) is 34.6. The van der Waals surface area contributed by atoms with Crippen LogP contribution in [0.1, 0.15) is 85.9 Å². The van der Waals surface area contributed by atoms with E-state index in [1.54, 1.807) is 24.3 Å². The van der Waals surface area contributed by atoms with Gasteiger partial charge in [-0.2, -0.15) is 0 Å². The van der Waals surface area contributed by atoms with E-state index >= 15 is 0 Å². The van der Waals surface area contributed by atoms with E-state index in [-0.39, 0.29) is 23.6 Å². The molecule has 4 amide bonds. The second-order valence-electron chi connectivity index (χ2n) is 17.0. The van der Waals surface area contributed by atoms with Gasteiger partial charge in [-0.1, -0.05) is 72.8 Å². The lowest BCUT2D eigenvalue weighted by Crippen LogP contribution is -2.41. The van der Waals surface area contributed by atoms with E-state index in [0.29, 0.717) is 57.2 Å². The molecule has 2 heterocycles. The number of imide groups is 2. The zero-order chi connectivity index (χ0) is 42.9. The van der Waals surface area contributed by atoms with Crippen molar-refractivity contribution >= 4 is 89.5 Å². The molecule has 0 aliphatic carbocycles. The fourth-order valence-corrected chi connectivity index (χ4v) is 10.0. The molecule has 0 aromatic heterocycles. The number of carbonyl (C=O) groups excluding carboxylic acids is 4. The lowest BCUT2D eigenvalue weighted by atomic mass is 9.82. The second-order valence-corrected chi connectivity index (χ2v) is 17.0. The first kappa shape index (κ1) is 37.2. The van der Waals surface area contributed by atoms with Gasteiger partial charge in [-0.05, 0) is 166 Å². The number of rotatable bonds is 6. The Kier molecular flexibility index (Phi) is 7.99. The minimum atomic E-state index is -0.382. The van der Waals surface area contributed by atoms with Crippen LogP contribution in [0.2, 0.25) is 0 Å². The maximum absolute atomic E-state index is 14.5. The summed E-state index contributed by atoms with van der Waals surface area (Å²) in [6.45, 7) is 7.83. The number of nitrogens with two attached hydrogens (primary N) is 2. The van der Waals surface area contributed by atoms with E-state index in [4.69, 9.17) is 11.5 Å². The highest BCUT2D eigenvalue weighted by atomic mass is 16.2. The first-order valence-corrected chi connectivity index (χ1v) is 20.7. The summed E-state index contributed by atoms with van der Waals surface area (Å²) in [5, 5.41) is 6.21. The number of nitrogens with zero attached hydrogens (tertiary/aromatic N) is 2. The number of hydrogen-bond donors (Lipinski definition) is 2. The number of hydrogen-bond acceptors (Lipinski definition) is 6. The molecule has 9 aromatic rings. The van der Waals surface area contributed by atoms with Crippen molar-refractivity contribution in [3.05, 3.63) is 188 Å². The summed E-state index contributed by atoms with van der Waals surface area (Å²) in [4.78, 5) is 60.6. The topological polar surface area (TPSA) is 127 Å². The molecule has 8 nitrogen and oxygen atoms in total. The van der Waals surface area contributed by atoms with Crippen LogP contribution in [-0.4, -0.2) is 23.6 Å². The number of nitrogen functional groups attached to an aromatic ring is 2. The van der Waals surface area contributed by atoms with Crippen LogP contribution in [-0.2, 0) is 12.8 Å². The maximum Gasteiger partial charge on any atom is 0.265 e. The highest BCUT2D eigenvalue weighted by molar-refractivity contribution is 6.45. The van der Waals surface area contributed by atoms with Crippen LogP contribution in [0.25, 0.3) is 43.1 Å². The third kappa shape index (κ3) is 5.32. The molecule has 2 aliphatic heterocycles. The van der Waals surface area contributed by atoms with Crippen LogP contribution in [0, 0.1) is 27.7 Å². The molecule has 0 fully saturated rings. The molecule has 0 unspecified atom stereocenters. The lowest BCUT2D eigenvalue weighted by molar-refractivity contribution is 0.0877. The van der Waals surface area contributed by atoms with E-state index in [0.717, 1.165) is 88.2 Å².